The monoisotopic (exact) mass is 300 g/mol. The van der Waals surface area contributed by atoms with Crippen LogP contribution in [0.25, 0.3) is 16.7 Å². The van der Waals surface area contributed by atoms with Crippen molar-refractivity contribution in [2.75, 3.05) is 14.2 Å². The van der Waals surface area contributed by atoms with E-state index in [1.165, 1.54) is 7.11 Å². The Labute approximate surface area is 126 Å². The van der Waals surface area contributed by atoms with Crippen molar-refractivity contribution in [1.82, 2.24) is 19.7 Å². The van der Waals surface area contributed by atoms with Gasteiger partial charge in [0.15, 0.2) is 5.65 Å². The first-order valence-corrected chi connectivity index (χ1v) is 6.72. The van der Waals surface area contributed by atoms with E-state index in [4.69, 9.17) is 9.47 Å². The Morgan fingerprint density at radius 2 is 1.82 bits per heavy atom. The number of hydrogen-bond donors (Lipinski definition) is 1. The first-order chi connectivity index (χ1) is 10.5. The molecule has 0 atom stereocenters. The number of nitrogens with zero attached hydrogens (tertiary/aromatic N) is 3. The maximum Gasteiger partial charge on any atom is 0.298 e. The van der Waals surface area contributed by atoms with Crippen molar-refractivity contribution >= 4 is 11.0 Å². The van der Waals surface area contributed by atoms with Crippen LogP contribution in [0.15, 0.2) is 23.1 Å². The van der Waals surface area contributed by atoms with Crippen molar-refractivity contribution in [1.29, 1.82) is 0 Å². The zero-order chi connectivity index (χ0) is 15.9. The van der Waals surface area contributed by atoms with Crippen LogP contribution in [0.5, 0.6) is 11.8 Å². The Bertz CT molecular complexity index is 888. The van der Waals surface area contributed by atoms with E-state index in [1.54, 1.807) is 18.0 Å². The first kappa shape index (κ1) is 14.1. The van der Waals surface area contributed by atoms with Crippen molar-refractivity contribution < 1.29 is 9.47 Å². The molecular weight excluding hydrogens is 284 g/mol. The first-order valence-electron chi connectivity index (χ1n) is 6.72. The van der Waals surface area contributed by atoms with E-state index in [0.717, 1.165) is 22.6 Å². The summed E-state index contributed by atoms with van der Waals surface area (Å²) in [4.78, 5) is 18.7. The topological polar surface area (TPSA) is 82.0 Å². The third kappa shape index (κ3) is 2.20. The largest absolute Gasteiger partial charge is 0.497 e. The van der Waals surface area contributed by atoms with Gasteiger partial charge in [0, 0.05) is 6.20 Å². The molecule has 0 aliphatic carbocycles. The predicted octanol–water partition coefficient (Wildman–Crippen LogP) is 1.74. The number of aromatic amines is 1. The zero-order valence-corrected chi connectivity index (χ0v) is 12.8. The van der Waals surface area contributed by atoms with Crippen LogP contribution in [-0.2, 0) is 0 Å². The molecule has 0 saturated heterocycles. The van der Waals surface area contributed by atoms with E-state index in [-0.39, 0.29) is 11.6 Å². The summed E-state index contributed by atoms with van der Waals surface area (Å²) in [7, 11) is 3.07. The normalized spacial score (nSPS) is 10.9. The van der Waals surface area contributed by atoms with Crippen molar-refractivity contribution in [3.8, 4) is 17.4 Å². The number of rotatable bonds is 3. The van der Waals surface area contributed by atoms with Gasteiger partial charge in [-0.3, -0.25) is 9.78 Å². The lowest BCUT2D eigenvalue weighted by Gasteiger charge is -2.11. The Kier molecular flexibility index (Phi) is 3.32. The molecule has 0 aliphatic heterocycles. The highest BCUT2D eigenvalue weighted by Gasteiger charge is 2.13. The van der Waals surface area contributed by atoms with Crippen LogP contribution in [0.4, 0.5) is 0 Å². The Balaban J connectivity index is 2.23. The fraction of sp³-hybridized carbons (Fsp3) is 0.267. The molecule has 0 aliphatic rings. The molecule has 3 rings (SSSR count). The summed E-state index contributed by atoms with van der Waals surface area (Å²) < 4.78 is 11.9. The SMILES string of the molecule is COc1cc(C)c(-n2cc3c(=O)[nH]c(OC)nc3n2)c(C)c1. The standard InChI is InChI=1S/C15H16N4O3/c1-8-5-10(21-3)6-9(2)12(8)19-7-11-13(18-19)16-15(22-4)17-14(11)20/h5-7H,1-4H3,(H,16,17,18,20). The Morgan fingerprint density at radius 3 is 2.41 bits per heavy atom. The molecule has 22 heavy (non-hydrogen) atoms. The quantitative estimate of drug-likeness (QED) is 0.796. The van der Waals surface area contributed by atoms with E-state index < -0.39 is 0 Å². The number of H-pyrrole nitrogens is 1. The van der Waals surface area contributed by atoms with E-state index in [2.05, 4.69) is 15.1 Å². The van der Waals surface area contributed by atoms with Gasteiger partial charge in [-0.15, -0.1) is 5.10 Å². The minimum Gasteiger partial charge on any atom is -0.497 e. The summed E-state index contributed by atoms with van der Waals surface area (Å²) in [6.07, 6.45) is 1.67. The number of hydrogen-bond acceptors (Lipinski definition) is 5. The van der Waals surface area contributed by atoms with Crippen molar-refractivity contribution in [2.45, 2.75) is 13.8 Å². The van der Waals surface area contributed by atoms with E-state index in [0.29, 0.717) is 11.0 Å². The number of ether oxygens (including phenoxy) is 2. The second-order valence-electron chi connectivity index (χ2n) is 5.00. The summed E-state index contributed by atoms with van der Waals surface area (Å²) in [5.41, 5.74) is 2.95. The number of benzene rings is 1. The van der Waals surface area contributed by atoms with Gasteiger partial charge in [0.1, 0.15) is 11.1 Å². The average Bonchev–Trinajstić information content (AvgIpc) is 2.90. The van der Waals surface area contributed by atoms with Crippen molar-refractivity contribution in [3.05, 3.63) is 39.8 Å². The van der Waals surface area contributed by atoms with Gasteiger partial charge >= 0.3 is 0 Å². The molecule has 0 unspecified atom stereocenters. The minimum absolute atomic E-state index is 0.144. The molecular formula is C15H16N4O3. The number of aromatic nitrogens is 4. The fourth-order valence-electron chi connectivity index (χ4n) is 2.50. The number of nitrogens with one attached hydrogen (secondary N) is 1. The Hall–Kier alpha value is -2.83. The van der Waals surface area contributed by atoms with Gasteiger partial charge < -0.3 is 9.47 Å². The van der Waals surface area contributed by atoms with Gasteiger partial charge in [0.25, 0.3) is 11.6 Å². The summed E-state index contributed by atoms with van der Waals surface area (Å²) >= 11 is 0. The maximum absolute atomic E-state index is 12.0. The lowest BCUT2D eigenvalue weighted by Crippen LogP contribution is -2.08. The summed E-state index contributed by atoms with van der Waals surface area (Å²) in [5, 5.41) is 4.81. The summed E-state index contributed by atoms with van der Waals surface area (Å²) in [6.45, 7) is 3.94. The fourth-order valence-corrected chi connectivity index (χ4v) is 2.50. The lowest BCUT2D eigenvalue weighted by molar-refractivity contribution is 0.380. The smallest absolute Gasteiger partial charge is 0.298 e. The van der Waals surface area contributed by atoms with Crippen LogP contribution in [0.1, 0.15) is 11.1 Å². The molecule has 0 radical (unpaired) electrons. The molecule has 114 valence electrons. The van der Waals surface area contributed by atoms with Gasteiger partial charge in [-0.05, 0) is 37.1 Å². The van der Waals surface area contributed by atoms with Crippen molar-refractivity contribution in [2.24, 2.45) is 0 Å². The molecule has 3 aromatic rings. The zero-order valence-electron chi connectivity index (χ0n) is 12.8. The molecule has 0 saturated carbocycles. The van der Waals surface area contributed by atoms with Gasteiger partial charge in [0.05, 0.1) is 19.9 Å². The van der Waals surface area contributed by atoms with E-state index in [9.17, 15) is 4.79 Å². The van der Waals surface area contributed by atoms with Crippen LogP contribution in [0.3, 0.4) is 0 Å². The summed E-state index contributed by atoms with van der Waals surface area (Å²) in [6, 6.07) is 3.99. The van der Waals surface area contributed by atoms with Crippen LogP contribution >= 0.6 is 0 Å². The number of aryl methyl sites for hydroxylation is 2. The molecule has 1 N–H and O–H groups in total. The van der Waals surface area contributed by atoms with Crippen LogP contribution in [-0.4, -0.2) is 34.0 Å². The van der Waals surface area contributed by atoms with Gasteiger partial charge in [-0.2, -0.15) is 4.98 Å². The highest BCUT2D eigenvalue weighted by Crippen LogP contribution is 2.25. The second kappa shape index (κ2) is 5.18. The van der Waals surface area contributed by atoms with E-state index >= 15 is 0 Å². The molecule has 0 bridgehead atoms. The highest BCUT2D eigenvalue weighted by atomic mass is 16.5. The molecule has 2 heterocycles. The lowest BCUT2D eigenvalue weighted by atomic mass is 10.1. The van der Waals surface area contributed by atoms with Crippen LogP contribution < -0.4 is 15.0 Å². The average molecular weight is 300 g/mol. The third-order valence-corrected chi connectivity index (χ3v) is 3.49. The molecule has 0 amide bonds. The molecule has 7 heteroatoms. The van der Waals surface area contributed by atoms with Crippen LogP contribution in [0, 0.1) is 13.8 Å². The van der Waals surface area contributed by atoms with Crippen LogP contribution in [0.2, 0.25) is 0 Å². The third-order valence-electron chi connectivity index (χ3n) is 3.49. The second-order valence-corrected chi connectivity index (χ2v) is 5.00. The number of fused-ring (bicyclic) bond motifs is 1. The maximum atomic E-state index is 12.0. The molecule has 0 spiro atoms. The highest BCUT2D eigenvalue weighted by molar-refractivity contribution is 5.74. The predicted molar refractivity (Wildman–Crippen MR) is 82.1 cm³/mol. The van der Waals surface area contributed by atoms with Gasteiger partial charge in [0.2, 0.25) is 0 Å². The number of methoxy groups -OCH3 is 2. The van der Waals surface area contributed by atoms with Crippen molar-refractivity contribution in [3.63, 3.8) is 0 Å². The minimum atomic E-state index is -0.281. The van der Waals surface area contributed by atoms with Gasteiger partial charge in [-0.25, -0.2) is 4.68 Å². The Morgan fingerprint density at radius 1 is 1.14 bits per heavy atom. The van der Waals surface area contributed by atoms with Gasteiger partial charge in [-0.1, -0.05) is 0 Å². The molecule has 1 aromatic carbocycles. The summed E-state index contributed by atoms with van der Waals surface area (Å²) in [5.74, 6) is 0.785. The molecule has 7 nitrogen and oxygen atoms in total. The molecule has 2 aromatic heterocycles. The van der Waals surface area contributed by atoms with E-state index in [1.807, 2.05) is 26.0 Å². The molecule has 0 fully saturated rings.